The average Bonchev–Trinajstić information content (AvgIpc) is 2.19. The van der Waals surface area contributed by atoms with Crippen LogP contribution in [0, 0.1) is 15.9 Å². The largest absolute Gasteiger partial charge is 0.481 e. The summed E-state index contributed by atoms with van der Waals surface area (Å²) in [6, 6.07) is 0. The molecule has 0 atom stereocenters. The van der Waals surface area contributed by atoms with Gasteiger partial charge in [0, 0.05) is 6.54 Å². The molecule has 1 aromatic rings. The van der Waals surface area contributed by atoms with Crippen LogP contribution < -0.4 is 5.56 Å². The lowest BCUT2D eigenvalue weighted by molar-refractivity contribution is -0.147. The maximum absolute atomic E-state index is 11.8. The smallest absolute Gasteiger partial charge is 0.310 e. The minimum Gasteiger partial charge on any atom is -0.481 e. The van der Waals surface area contributed by atoms with E-state index in [1.54, 1.807) is 20.8 Å². The Morgan fingerprint density at radius 3 is 2.69 bits per heavy atom. The first-order valence-electron chi connectivity index (χ1n) is 4.70. The predicted molar refractivity (Wildman–Crippen MR) is 67.4 cm³/mol. The summed E-state index contributed by atoms with van der Waals surface area (Å²) < 4.78 is 1.87. The molecule has 0 amide bonds. The van der Waals surface area contributed by atoms with Gasteiger partial charge in [-0.2, -0.15) is 0 Å². The molecule has 1 aromatic heterocycles. The number of aliphatic carboxylic acids is 1. The van der Waals surface area contributed by atoms with Gasteiger partial charge in [0.15, 0.2) is 0 Å². The van der Waals surface area contributed by atoms with Crippen LogP contribution in [0.25, 0.3) is 0 Å². The van der Waals surface area contributed by atoms with Crippen molar-refractivity contribution in [3.63, 3.8) is 0 Å². The Labute approximate surface area is 107 Å². The zero-order valence-electron chi connectivity index (χ0n) is 9.32. The Kier molecular flexibility index (Phi) is 3.72. The topological polar surface area (TPSA) is 72.2 Å². The molecular weight excluding hydrogens is 323 g/mol. The SMILES string of the molecule is Cc1ncn(CC(C)(C)C(=O)O)c(=O)c1I. The van der Waals surface area contributed by atoms with E-state index in [1.165, 1.54) is 10.9 Å². The van der Waals surface area contributed by atoms with Gasteiger partial charge in [0.05, 0.1) is 21.0 Å². The van der Waals surface area contributed by atoms with Gasteiger partial charge in [-0.1, -0.05) is 0 Å². The van der Waals surface area contributed by atoms with E-state index < -0.39 is 11.4 Å². The first-order chi connectivity index (χ1) is 7.25. The second-order valence-corrected chi connectivity index (χ2v) is 5.34. The summed E-state index contributed by atoms with van der Waals surface area (Å²) in [7, 11) is 0. The zero-order chi connectivity index (χ0) is 12.5. The Balaban J connectivity index is 3.14. The van der Waals surface area contributed by atoms with Crippen LogP contribution in [-0.4, -0.2) is 20.6 Å². The lowest BCUT2D eigenvalue weighted by Gasteiger charge is -2.20. The zero-order valence-corrected chi connectivity index (χ0v) is 11.5. The molecule has 0 fully saturated rings. The highest BCUT2D eigenvalue weighted by Crippen LogP contribution is 2.17. The van der Waals surface area contributed by atoms with Crippen molar-refractivity contribution >= 4 is 28.6 Å². The standard InChI is InChI=1S/C10H13IN2O3/c1-6-7(11)8(14)13(5-12-6)4-10(2,3)9(15)16/h5H,4H2,1-3H3,(H,15,16). The molecule has 0 radical (unpaired) electrons. The lowest BCUT2D eigenvalue weighted by Crippen LogP contribution is -2.35. The number of aromatic nitrogens is 2. The third kappa shape index (κ3) is 2.60. The van der Waals surface area contributed by atoms with Crippen LogP contribution in [0.4, 0.5) is 0 Å². The van der Waals surface area contributed by atoms with Crippen molar-refractivity contribution in [3.05, 3.63) is 25.9 Å². The Morgan fingerprint density at radius 1 is 1.62 bits per heavy atom. The number of hydrogen-bond donors (Lipinski definition) is 1. The van der Waals surface area contributed by atoms with E-state index in [1.807, 2.05) is 22.6 Å². The van der Waals surface area contributed by atoms with E-state index in [0.29, 0.717) is 9.26 Å². The summed E-state index contributed by atoms with van der Waals surface area (Å²) in [6.45, 7) is 5.02. The van der Waals surface area contributed by atoms with Crippen LogP contribution >= 0.6 is 22.6 Å². The monoisotopic (exact) mass is 336 g/mol. The molecule has 0 aromatic carbocycles. The molecule has 5 nitrogen and oxygen atoms in total. The number of carboxylic acids is 1. The van der Waals surface area contributed by atoms with Crippen LogP contribution in [0.2, 0.25) is 0 Å². The Bertz CT molecular complexity index is 479. The summed E-state index contributed by atoms with van der Waals surface area (Å²) in [5.41, 5.74) is -0.512. The number of hydrogen-bond acceptors (Lipinski definition) is 3. The lowest BCUT2D eigenvalue weighted by atomic mass is 9.94. The van der Waals surface area contributed by atoms with Gasteiger partial charge < -0.3 is 5.11 Å². The maximum Gasteiger partial charge on any atom is 0.310 e. The molecule has 0 aliphatic heterocycles. The molecule has 0 unspecified atom stereocenters. The fourth-order valence-electron chi connectivity index (χ4n) is 1.15. The third-order valence-corrected chi connectivity index (χ3v) is 3.54. The van der Waals surface area contributed by atoms with Crippen molar-refractivity contribution in [2.75, 3.05) is 0 Å². The molecule has 0 spiro atoms. The van der Waals surface area contributed by atoms with E-state index in [2.05, 4.69) is 4.98 Å². The first kappa shape index (κ1) is 13.1. The molecule has 0 aliphatic carbocycles. The fraction of sp³-hybridized carbons (Fsp3) is 0.500. The van der Waals surface area contributed by atoms with Crippen LogP contribution in [0.1, 0.15) is 19.5 Å². The normalized spacial score (nSPS) is 11.5. The minimum absolute atomic E-state index is 0.116. The van der Waals surface area contributed by atoms with Crippen molar-refractivity contribution in [2.24, 2.45) is 5.41 Å². The summed E-state index contributed by atoms with van der Waals surface area (Å²) in [5.74, 6) is -0.935. The molecule has 88 valence electrons. The van der Waals surface area contributed by atoms with Crippen molar-refractivity contribution in [2.45, 2.75) is 27.3 Å². The van der Waals surface area contributed by atoms with E-state index in [0.717, 1.165) is 0 Å². The number of carboxylic acid groups (broad SMARTS) is 1. The van der Waals surface area contributed by atoms with Gasteiger partial charge in [-0.05, 0) is 43.4 Å². The van der Waals surface area contributed by atoms with Gasteiger partial charge in [-0.25, -0.2) is 4.98 Å². The maximum atomic E-state index is 11.8. The summed E-state index contributed by atoms with van der Waals surface area (Å²) >= 11 is 1.92. The van der Waals surface area contributed by atoms with Gasteiger partial charge in [-0.15, -0.1) is 0 Å². The second kappa shape index (κ2) is 4.52. The quantitative estimate of drug-likeness (QED) is 0.844. The number of aryl methyl sites for hydroxylation is 1. The van der Waals surface area contributed by atoms with Crippen LogP contribution in [0.5, 0.6) is 0 Å². The molecule has 0 bridgehead atoms. The van der Waals surface area contributed by atoms with E-state index in [9.17, 15) is 9.59 Å². The highest BCUT2D eigenvalue weighted by Gasteiger charge is 2.28. The number of carbonyl (C=O) groups is 1. The molecule has 0 saturated carbocycles. The molecule has 6 heteroatoms. The summed E-state index contributed by atoms with van der Waals surface area (Å²) in [6.07, 6.45) is 1.39. The molecule has 1 rings (SSSR count). The predicted octanol–water partition coefficient (Wildman–Crippen LogP) is 1.27. The fourth-order valence-corrected chi connectivity index (χ4v) is 1.60. The Hall–Kier alpha value is -0.920. The number of halogens is 1. The van der Waals surface area contributed by atoms with Crippen LogP contribution in [0.3, 0.4) is 0 Å². The highest BCUT2D eigenvalue weighted by atomic mass is 127. The van der Waals surface area contributed by atoms with E-state index in [-0.39, 0.29) is 12.1 Å². The van der Waals surface area contributed by atoms with Crippen LogP contribution in [0.15, 0.2) is 11.1 Å². The molecule has 16 heavy (non-hydrogen) atoms. The molecule has 0 aliphatic rings. The highest BCUT2D eigenvalue weighted by molar-refractivity contribution is 14.1. The van der Waals surface area contributed by atoms with Gasteiger partial charge in [0.1, 0.15) is 0 Å². The van der Waals surface area contributed by atoms with Crippen molar-refractivity contribution in [1.29, 1.82) is 0 Å². The summed E-state index contributed by atoms with van der Waals surface area (Å²) in [5, 5.41) is 8.98. The number of nitrogens with zero attached hydrogens (tertiary/aromatic N) is 2. The molecular formula is C10H13IN2O3. The van der Waals surface area contributed by atoms with Crippen molar-refractivity contribution in [3.8, 4) is 0 Å². The van der Waals surface area contributed by atoms with Crippen molar-refractivity contribution in [1.82, 2.24) is 9.55 Å². The second-order valence-electron chi connectivity index (χ2n) is 4.27. The number of rotatable bonds is 3. The van der Waals surface area contributed by atoms with Crippen molar-refractivity contribution < 1.29 is 9.90 Å². The minimum atomic E-state index is -0.982. The van der Waals surface area contributed by atoms with Gasteiger partial charge in [0.25, 0.3) is 5.56 Å². The van der Waals surface area contributed by atoms with Crippen LogP contribution in [-0.2, 0) is 11.3 Å². The van der Waals surface area contributed by atoms with E-state index in [4.69, 9.17) is 5.11 Å². The van der Waals surface area contributed by atoms with E-state index >= 15 is 0 Å². The average molecular weight is 336 g/mol. The molecule has 0 saturated heterocycles. The molecule has 1 heterocycles. The third-order valence-electron chi connectivity index (χ3n) is 2.30. The van der Waals surface area contributed by atoms with Gasteiger partial charge >= 0.3 is 5.97 Å². The Morgan fingerprint density at radius 2 is 2.19 bits per heavy atom. The van der Waals surface area contributed by atoms with Gasteiger partial charge in [0.2, 0.25) is 0 Å². The molecule has 1 N–H and O–H groups in total. The van der Waals surface area contributed by atoms with Gasteiger partial charge in [-0.3, -0.25) is 14.2 Å². The summed E-state index contributed by atoms with van der Waals surface area (Å²) in [4.78, 5) is 26.8. The first-order valence-corrected chi connectivity index (χ1v) is 5.78.